The average Bonchev–Trinajstić information content (AvgIpc) is 3.18. The van der Waals surface area contributed by atoms with E-state index in [9.17, 15) is 10.1 Å². The quantitative estimate of drug-likeness (QED) is 0.525. The molecule has 30 heavy (non-hydrogen) atoms. The lowest BCUT2D eigenvalue weighted by molar-refractivity contribution is 0.322. The molecule has 0 aliphatic heterocycles. The van der Waals surface area contributed by atoms with E-state index in [-0.39, 0.29) is 11.5 Å². The Kier molecular flexibility index (Phi) is 5.36. The number of hydrogen-bond acceptors (Lipinski definition) is 4. The average molecular weight is 398 g/mol. The molecule has 0 saturated heterocycles. The van der Waals surface area contributed by atoms with Gasteiger partial charge < -0.3 is 9.72 Å². The van der Waals surface area contributed by atoms with Gasteiger partial charge >= 0.3 is 0 Å². The highest BCUT2D eigenvalue weighted by Crippen LogP contribution is 2.28. The van der Waals surface area contributed by atoms with Gasteiger partial charge in [-0.3, -0.25) is 4.79 Å². The molecular formula is C24H22N4O2. The maximum Gasteiger partial charge on any atom is 0.278 e. The number of benzene rings is 2. The van der Waals surface area contributed by atoms with Crippen molar-refractivity contribution >= 4 is 5.65 Å². The lowest BCUT2D eigenvalue weighted by Gasteiger charge is -2.14. The van der Waals surface area contributed by atoms with Crippen molar-refractivity contribution in [3.63, 3.8) is 0 Å². The van der Waals surface area contributed by atoms with Gasteiger partial charge in [0.05, 0.1) is 18.5 Å². The van der Waals surface area contributed by atoms with Crippen LogP contribution in [0.3, 0.4) is 0 Å². The molecule has 2 aromatic heterocycles. The Morgan fingerprint density at radius 3 is 2.70 bits per heavy atom. The lowest BCUT2D eigenvalue weighted by atomic mass is 9.98. The zero-order valence-electron chi connectivity index (χ0n) is 16.9. The molecular weight excluding hydrogens is 376 g/mol. The van der Waals surface area contributed by atoms with Gasteiger partial charge in [0.2, 0.25) is 0 Å². The van der Waals surface area contributed by atoms with Gasteiger partial charge in [-0.2, -0.15) is 14.9 Å². The third-order valence-corrected chi connectivity index (χ3v) is 5.03. The Bertz CT molecular complexity index is 1280. The van der Waals surface area contributed by atoms with Crippen LogP contribution in [-0.2, 0) is 6.42 Å². The Morgan fingerprint density at radius 2 is 1.97 bits per heavy atom. The van der Waals surface area contributed by atoms with E-state index in [1.807, 2.05) is 56.3 Å². The summed E-state index contributed by atoms with van der Waals surface area (Å²) in [5.41, 5.74) is 3.88. The number of rotatable bonds is 6. The first-order valence-corrected chi connectivity index (χ1v) is 9.89. The highest BCUT2D eigenvalue weighted by Gasteiger charge is 2.19. The monoisotopic (exact) mass is 398 g/mol. The summed E-state index contributed by atoms with van der Waals surface area (Å²) in [4.78, 5) is 16.3. The van der Waals surface area contributed by atoms with E-state index in [1.54, 1.807) is 0 Å². The van der Waals surface area contributed by atoms with Crippen LogP contribution in [0.5, 0.6) is 5.75 Å². The van der Waals surface area contributed by atoms with E-state index in [0.29, 0.717) is 29.1 Å². The second-order valence-electron chi connectivity index (χ2n) is 7.42. The Balaban J connectivity index is 1.69. The first-order valence-electron chi connectivity index (χ1n) is 9.89. The normalized spacial score (nSPS) is 11.0. The molecule has 0 saturated carbocycles. The third kappa shape index (κ3) is 3.70. The summed E-state index contributed by atoms with van der Waals surface area (Å²) in [5, 5.41) is 13.4. The van der Waals surface area contributed by atoms with E-state index < -0.39 is 0 Å². The van der Waals surface area contributed by atoms with Gasteiger partial charge in [0, 0.05) is 17.5 Å². The summed E-state index contributed by atoms with van der Waals surface area (Å²) in [7, 11) is 0. The number of fused-ring (bicyclic) bond motifs is 1. The van der Waals surface area contributed by atoms with Crippen molar-refractivity contribution in [2.75, 3.05) is 6.61 Å². The van der Waals surface area contributed by atoms with Gasteiger partial charge in [-0.15, -0.1) is 0 Å². The lowest BCUT2D eigenvalue weighted by Crippen LogP contribution is -2.22. The highest BCUT2D eigenvalue weighted by atomic mass is 16.5. The SMILES string of the molecule is CC(C)c1c(-c2cccc(OCCc3ccccc3)c2)[nH]c2c(C#N)cnn2c1=O. The number of H-pyrrole nitrogens is 1. The topological polar surface area (TPSA) is 83.2 Å². The van der Waals surface area contributed by atoms with Crippen LogP contribution >= 0.6 is 0 Å². The van der Waals surface area contributed by atoms with Crippen LogP contribution in [0.15, 0.2) is 65.6 Å². The molecule has 0 aliphatic rings. The fourth-order valence-corrected chi connectivity index (χ4v) is 3.55. The third-order valence-electron chi connectivity index (χ3n) is 5.03. The molecule has 0 aliphatic carbocycles. The number of nitriles is 1. The van der Waals surface area contributed by atoms with Crippen molar-refractivity contribution < 1.29 is 4.74 Å². The Labute approximate surface area is 174 Å². The fourth-order valence-electron chi connectivity index (χ4n) is 3.55. The largest absolute Gasteiger partial charge is 0.493 e. The van der Waals surface area contributed by atoms with Crippen LogP contribution in [0.4, 0.5) is 0 Å². The Morgan fingerprint density at radius 1 is 1.17 bits per heavy atom. The summed E-state index contributed by atoms with van der Waals surface area (Å²) in [6, 6.07) is 19.9. The van der Waals surface area contributed by atoms with Crippen molar-refractivity contribution in [2.45, 2.75) is 26.2 Å². The molecule has 4 rings (SSSR count). The van der Waals surface area contributed by atoms with Crippen LogP contribution in [-0.4, -0.2) is 21.2 Å². The zero-order chi connectivity index (χ0) is 21.1. The summed E-state index contributed by atoms with van der Waals surface area (Å²) in [6.45, 7) is 4.49. The number of aromatic amines is 1. The number of ether oxygens (including phenoxy) is 1. The number of aromatic nitrogens is 3. The van der Waals surface area contributed by atoms with Crippen LogP contribution in [0, 0.1) is 11.3 Å². The summed E-state index contributed by atoms with van der Waals surface area (Å²) in [6.07, 6.45) is 2.22. The maximum atomic E-state index is 13.0. The van der Waals surface area contributed by atoms with Gasteiger partial charge in [0.1, 0.15) is 17.4 Å². The minimum Gasteiger partial charge on any atom is -0.493 e. The number of hydrogen-bond donors (Lipinski definition) is 1. The maximum absolute atomic E-state index is 13.0. The number of nitrogens with one attached hydrogen (secondary N) is 1. The molecule has 6 nitrogen and oxygen atoms in total. The predicted molar refractivity (Wildman–Crippen MR) is 116 cm³/mol. The molecule has 1 N–H and O–H groups in total. The first kappa shape index (κ1) is 19.5. The van der Waals surface area contributed by atoms with E-state index in [4.69, 9.17) is 4.74 Å². The molecule has 2 aromatic carbocycles. The van der Waals surface area contributed by atoms with Gasteiger partial charge in [0.25, 0.3) is 5.56 Å². The van der Waals surface area contributed by atoms with Crippen molar-refractivity contribution in [1.29, 1.82) is 5.26 Å². The molecule has 0 atom stereocenters. The van der Waals surface area contributed by atoms with E-state index in [2.05, 4.69) is 28.3 Å². The summed E-state index contributed by atoms with van der Waals surface area (Å²) in [5.74, 6) is 0.707. The van der Waals surface area contributed by atoms with Crippen molar-refractivity contribution in [3.05, 3.63) is 87.8 Å². The van der Waals surface area contributed by atoms with Crippen LogP contribution < -0.4 is 10.3 Å². The van der Waals surface area contributed by atoms with Crippen molar-refractivity contribution in [1.82, 2.24) is 14.6 Å². The summed E-state index contributed by atoms with van der Waals surface area (Å²) < 4.78 is 7.22. The molecule has 0 radical (unpaired) electrons. The van der Waals surface area contributed by atoms with Crippen LogP contribution in [0.1, 0.15) is 36.5 Å². The van der Waals surface area contributed by atoms with Gasteiger partial charge in [-0.25, -0.2) is 0 Å². The molecule has 0 bridgehead atoms. The van der Waals surface area contributed by atoms with Crippen molar-refractivity contribution in [2.24, 2.45) is 0 Å². The molecule has 0 amide bonds. The number of nitrogens with zero attached hydrogens (tertiary/aromatic N) is 3. The molecule has 6 heteroatoms. The fraction of sp³-hybridized carbons (Fsp3) is 0.208. The predicted octanol–water partition coefficient (Wildman–Crippen LogP) is 4.31. The van der Waals surface area contributed by atoms with Gasteiger partial charge in [-0.1, -0.05) is 56.3 Å². The molecule has 2 heterocycles. The standard InChI is InChI=1S/C24H22N4O2/c1-16(2)21-22(27-23-19(14-25)15-26-28(23)24(21)29)18-9-6-10-20(13-18)30-12-11-17-7-4-3-5-8-17/h3-10,13,15-16,27H,11-12H2,1-2H3. The second kappa shape index (κ2) is 8.26. The van der Waals surface area contributed by atoms with E-state index in [1.165, 1.54) is 16.3 Å². The zero-order valence-corrected chi connectivity index (χ0v) is 16.9. The molecule has 0 unspecified atom stereocenters. The smallest absolute Gasteiger partial charge is 0.278 e. The minimum atomic E-state index is -0.217. The van der Waals surface area contributed by atoms with Crippen LogP contribution in [0.2, 0.25) is 0 Å². The molecule has 4 aromatic rings. The summed E-state index contributed by atoms with van der Waals surface area (Å²) >= 11 is 0. The van der Waals surface area contributed by atoms with E-state index in [0.717, 1.165) is 17.7 Å². The molecule has 0 fully saturated rings. The van der Waals surface area contributed by atoms with Gasteiger partial charge in [-0.05, 0) is 23.6 Å². The Hall–Kier alpha value is -3.85. The minimum absolute atomic E-state index is 0.0226. The molecule has 150 valence electrons. The van der Waals surface area contributed by atoms with Crippen molar-refractivity contribution in [3.8, 4) is 23.1 Å². The highest BCUT2D eigenvalue weighted by molar-refractivity contribution is 5.69. The molecule has 0 spiro atoms. The first-order chi connectivity index (χ1) is 14.6. The van der Waals surface area contributed by atoms with Crippen LogP contribution in [0.25, 0.3) is 16.9 Å². The van der Waals surface area contributed by atoms with E-state index >= 15 is 0 Å². The van der Waals surface area contributed by atoms with Gasteiger partial charge in [0.15, 0.2) is 5.65 Å². The second-order valence-corrected chi connectivity index (χ2v) is 7.42.